The van der Waals surface area contributed by atoms with Gasteiger partial charge in [0.15, 0.2) is 0 Å². The van der Waals surface area contributed by atoms with Crippen LogP contribution in [-0.2, 0) is 27.3 Å². The summed E-state index contributed by atoms with van der Waals surface area (Å²) in [4.78, 5) is 30.5. The maximum atomic E-state index is 12.8. The van der Waals surface area contributed by atoms with Crippen molar-refractivity contribution in [2.24, 2.45) is 5.92 Å². The molecule has 0 spiro atoms. The van der Waals surface area contributed by atoms with Gasteiger partial charge in [0.25, 0.3) is 5.91 Å². The number of anilines is 1. The van der Waals surface area contributed by atoms with Crippen molar-refractivity contribution in [3.63, 3.8) is 0 Å². The van der Waals surface area contributed by atoms with Crippen LogP contribution in [0.2, 0.25) is 0 Å². The monoisotopic (exact) mass is 420 g/mol. The van der Waals surface area contributed by atoms with Crippen LogP contribution < -0.4 is 10.6 Å². The Hall–Kier alpha value is -2.90. The standard InChI is InChI=1S/C24H28N4O3/c1-15(21-12-17(13-26-21)14-28-6-8-31-9-7-28)22-19-11-16(2-3-20(19)27-24(22)30)10-18-4-5-25-23(18)29/h2-3,11-13,18,26H,4-10,14H2,1H3,(H,25,29)(H,27,30). The number of amides is 2. The number of fused-ring (bicyclic) bond motifs is 1. The molecule has 2 fully saturated rings. The lowest BCUT2D eigenvalue weighted by atomic mass is 9.93. The molecule has 2 aromatic rings. The molecule has 1 atom stereocenters. The van der Waals surface area contributed by atoms with Crippen molar-refractivity contribution in [2.45, 2.75) is 26.3 Å². The number of carbonyl (C=O) groups excluding carboxylic acids is 2. The first-order chi connectivity index (χ1) is 15.1. The van der Waals surface area contributed by atoms with Crippen molar-refractivity contribution >= 4 is 28.6 Å². The SMILES string of the molecule is CC(=C1C(=O)Nc2ccc(CC3CCNC3=O)cc21)c1cc(CN2CCOCC2)c[nH]1. The minimum absolute atomic E-state index is 0.0165. The van der Waals surface area contributed by atoms with Gasteiger partial charge in [0.1, 0.15) is 0 Å². The van der Waals surface area contributed by atoms with Crippen LogP contribution in [0.4, 0.5) is 5.69 Å². The number of aromatic amines is 1. The van der Waals surface area contributed by atoms with Gasteiger partial charge >= 0.3 is 0 Å². The molecule has 0 aliphatic carbocycles. The largest absolute Gasteiger partial charge is 0.379 e. The van der Waals surface area contributed by atoms with Gasteiger partial charge in [-0.2, -0.15) is 0 Å². The molecule has 0 saturated carbocycles. The molecule has 4 heterocycles. The van der Waals surface area contributed by atoms with Crippen molar-refractivity contribution < 1.29 is 14.3 Å². The Labute approximate surface area is 181 Å². The number of nitrogens with one attached hydrogen (secondary N) is 3. The van der Waals surface area contributed by atoms with E-state index in [1.165, 1.54) is 5.56 Å². The number of ether oxygens (including phenoxy) is 1. The number of nitrogens with zero attached hydrogens (tertiary/aromatic N) is 1. The lowest BCUT2D eigenvalue weighted by Crippen LogP contribution is -2.35. The molecular weight excluding hydrogens is 392 g/mol. The summed E-state index contributed by atoms with van der Waals surface area (Å²) in [5.41, 5.74) is 6.63. The van der Waals surface area contributed by atoms with E-state index in [0.717, 1.165) is 73.9 Å². The van der Waals surface area contributed by atoms with Crippen LogP contribution in [0.3, 0.4) is 0 Å². The summed E-state index contributed by atoms with van der Waals surface area (Å²) in [7, 11) is 0. The predicted octanol–water partition coefficient (Wildman–Crippen LogP) is 2.41. The van der Waals surface area contributed by atoms with Gasteiger partial charge in [0.2, 0.25) is 5.91 Å². The zero-order valence-electron chi connectivity index (χ0n) is 17.8. The van der Waals surface area contributed by atoms with Gasteiger partial charge in [-0.05, 0) is 54.7 Å². The molecule has 2 saturated heterocycles. The fourth-order valence-electron chi connectivity index (χ4n) is 4.74. The molecule has 1 aromatic carbocycles. The predicted molar refractivity (Wildman–Crippen MR) is 119 cm³/mol. The average molecular weight is 421 g/mol. The molecule has 0 bridgehead atoms. The number of carbonyl (C=O) groups is 2. The van der Waals surface area contributed by atoms with Crippen LogP contribution >= 0.6 is 0 Å². The molecule has 3 aliphatic heterocycles. The highest BCUT2D eigenvalue weighted by Crippen LogP contribution is 2.38. The highest BCUT2D eigenvalue weighted by molar-refractivity contribution is 6.36. The average Bonchev–Trinajstić information content (AvgIpc) is 3.47. The molecule has 31 heavy (non-hydrogen) atoms. The molecule has 3 aliphatic rings. The fourth-order valence-corrected chi connectivity index (χ4v) is 4.74. The summed E-state index contributed by atoms with van der Waals surface area (Å²) < 4.78 is 5.43. The van der Waals surface area contributed by atoms with Gasteiger partial charge < -0.3 is 20.4 Å². The van der Waals surface area contributed by atoms with Crippen LogP contribution in [0, 0.1) is 5.92 Å². The summed E-state index contributed by atoms with van der Waals surface area (Å²) in [6, 6.07) is 8.16. The van der Waals surface area contributed by atoms with Gasteiger partial charge in [0.05, 0.1) is 18.8 Å². The molecule has 5 rings (SSSR count). The minimum Gasteiger partial charge on any atom is -0.379 e. The molecule has 2 amide bonds. The maximum Gasteiger partial charge on any atom is 0.256 e. The van der Waals surface area contributed by atoms with E-state index in [0.29, 0.717) is 12.0 Å². The van der Waals surface area contributed by atoms with Gasteiger partial charge in [-0.15, -0.1) is 0 Å². The first-order valence-corrected chi connectivity index (χ1v) is 11.0. The first kappa shape index (κ1) is 20.0. The van der Waals surface area contributed by atoms with Crippen molar-refractivity contribution in [2.75, 3.05) is 38.2 Å². The van der Waals surface area contributed by atoms with Crippen LogP contribution in [0.1, 0.15) is 35.7 Å². The fraction of sp³-hybridized carbons (Fsp3) is 0.417. The molecular formula is C24H28N4O3. The quantitative estimate of drug-likeness (QED) is 0.649. The van der Waals surface area contributed by atoms with Crippen molar-refractivity contribution in [3.8, 4) is 0 Å². The van der Waals surface area contributed by atoms with E-state index in [1.807, 2.05) is 25.3 Å². The number of rotatable bonds is 5. The van der Waals surface area contributed by atoms with E-state index in [9.17, 15) is 9.59 Å². The number of benzene rings is 1. The highest BCUT2D eigenvalue weighted by atomic mass is 16.5. The molecule has 7 heteroatoms. The van der Waals surface area contributed by atoms with Crippen molar-refractivity contribution in [3.05, 3.63) is 52.8 Å². The summed E-state index contributed by atoms with van der Waals surface area (Å²) in [5.74, 6) is 0.0659. The normalized spacial score (nSPS) is 22.9. The maximum absolute atomic E-state index is 12.8. The van der Waals surface area contributed by atoms with E-state index >= 15 is 0 Å². The second kappa shape index (κ2) is 8.32. The number of morpholine rings is 1. The number of H-pyrrole nitrogens is 1. The Kier molecular flexibility index (Phi) is 5.38. The van der Waals surface area contributed by atoms with Gasteiger partial charge in [-0.1, -0.05) is 6.07 Å². The Morgan fingerprint density at radius 2 is 2.00 bits per heavy atom. The number of hydrogen-bond donors (Lipinski definition) is 3. The van der Waals surface area contributed by atoms with Crippen LogP contribution in [0.25, 0.3) is 11.1 Å². The molecule has 1 aromatic heterocycles. The number of hydrogen-bond acceptors (Lipinski definition) is 4. The summed E-state index contributed by atoms with van der Waals surface area (Å²) in [6.07, 6.45) is 3.59. The van der Waals surface area contributed by atoms with Gasteiger partial charge in [0, 0.05) is 55.2 Å². The van der Waals surface area contributed by atoms with Crippen LogP contribution in [0.5, 0.6) is 0 Å². The Bertz CT molecular complexity index is 1050. The van der Waals surface area contributed by atoms with E-state index < -0.39 is 0 Å². The Balaban J connectivity index is 1.40. The van der Waals surface area contributed by atoms with Crippen molar-refractivity contribution in [1.29, 1.82) is 0 Å². The van der Waals surface area contributed by atoms with E-state index in [1.54, 1.807) is 0 Å². The molecule has 7 nitrogen and oxygen atoms in total. The van der Waals surface area contributed by atoms with Crippen LogP contribution in [0.15, 0.2) is 30.5 Å². The smallest absolute Gasteiger partial charge is 0.256 e. The molecule has 3 N–H and O–H groups in total. The Morgan fingerprint density at radius 1 is 1.16 bits per heavy atom. The lowest BCUT2D eigenvalue weighted by molar-refractivity contribution is -0.122. The number of allylic oxidation sites excluding steroid dienone is 1. The van der Waals surface area contributed by atoms with Crippen molar-refractivity contribution in [1.82, 2.24) is 15.2 Å². The topological polar surface area (TPSA) is 86.5 Å². The van der Waals surface area contributed by atoms with Crippen LogP contribution in [-0.4, -0.2) is 54.5 Å². The van der Waals surface area contributed by atoms with Gasteiger partial charge in [-0.3, -0.25) is 14.5 Å². The lowest BCUT2D eigenvalue weighted by Gasteiger charge is -2.25. The first-order valence-electron chi connectivity index (χ1n) is 11.0. The second-order valence-corrected chi connectivity index (χ2v) is 8.62. The van der Waals surface area contributed by atoms with E-state index in [2.05, 4.69) is 32.7 Å². The molecule has 162 valence electrons. The van der Waals surface area contributed by atoms with Gasteiger partial charge in [-0.25, -0.2) is 0 Å². The summed E-state index contributed by atoms with van der Waals surface area (Å²) in [5, 5.41) is 5.89. The third-order valence-corrected chi connectivity index (χ3v) is 6.51. The highest BCUT2D eigenvalue weighted by Gasteiger charge is 2.29. The third kappa shape index (κ3) is 4.03. The minimum atomic E-state index is -0.0763. The zero-order valence-corrected chi connectivity index (χ0v) is 17.8. The molecule has 0 radical (unpaired) electrons. The zero-order chi connectivity index (χ0) is 21.4. The number of aromatic nitrogens is 1. The van der Waals surface area contributed by atoms with E-state index in [4.69, 9.17) is 4.74 Å². The summed E-state index contributed by atoms with van der Waals surface area (Å²) in [6.45, 7) is 7.06. The Morgan fingerprint density at radius 3 is 2.77 bits per heavy atom. The summed E-state index contributed by atoms with van der Waals surface area (Å²) >= 11 is 0. The molecule has 1 unspecified atom stereocenters. The third-order valence-electron chi connectivity index (χ3n) is 6.51. The van der Waals surface area contributed by atoms with E-state index in [-0.39, 0.29) is 17.7 Å². The second-order valence-electron chi connectivity index (χ2n) is 8.62.